The fourth-order valence-corrected chi connectivity index (χ4v) is 2.85. The highest BCUT2D eigenvalue weighted by molar-refractivity contribution is 9.11. The quantitative estimate of drug-likeness (QED) is 0.908. The molecule has 0 bridgehead atoms. The zero-order valence-electron chi connectivity index (χ0n) is 9.11. The zero-order valence-corrected chi connectivity index (χ0v) is 11.5. The molecular weight excluding hydrogens is 282 g/mol. The minimum absolute atomic E-state index is 0.0882. The van der Waals surface area contributed by atoms with Gasteiger partial charge < -0.3 is 5.73 Å². The van der Waals surface area contributed by atoms with Gasteiger partial charge in [-0.3, -0.25) is 0 Å². The predicted molar refractivity (Wildman–Crippen MR) is 73.8 cm³/mol. The summed E-state index contributed by atoms with van der Waals surface area (Å²) in [4.78, 5) is 0. The monoisotopic (exact) mass is 295 g/mol. The molecule has 1 aromatic heterocycles. The minimum Gasteiger partial charge on any atom is -0.324 e. The van der Waals surface area contributed by atoms with Crippen LogP contribution < -0.4 is 5.73 Å². The van der Waals surface area contributed by atoms with Crippen LogP contribution in [0.15, 0.2) is 39.5 Å². The highest BCUT2D eigenvalue weighted by atomic mass is 79.9. The van der Waals surface area contributed by atoms with Crippen LogP contribution in [0.3, 0.4) is 0 Å². The second-order valence-electron chi connectivity index (χ2n) is 3.98. The Morgan fingerprint density at radius 2 is 2.00 bits per heavy atom. The molecule has 0 saturated heterocycles. The molecule has 1 atom stereocenters. The lowest BCUT2D eigenvalue weighted by Crippen LogP contribution is -2.12. The van der Waals surface area contributed by atoms with Gasteiger partial charge in [0.2, 0.25) is 0 Å². The highest BCUT2D eigenvalue weighted by Gasteiger charge is 2.08. The van der Waals surface area contributed by atoms with E-state index in [2.05, 4.69) is 58.6 Å². The van der Waals surface area contributed by atoms with Gasteiger partial charge in [-0.15, -0.1) is 11.3 Å². The van der Waals surface area contributed by atoms with E-state index in [1.54, 1.807) is 11.3 Å². The fraction of sp³-hybridized carbons (Fsp3) is 0.231. The van der Waals surface area contributed by atoms with E-state index in [1.807, 2.05) is 0 Å². The van der Waals surface area contributed by atoms with Crippen molar-refractivity contribution in [1.29, 1.82) is 0 Å². The molecule has 0 radical (unpaired) electrons. The fourth-order valence-electron chi connectivity index (χ4n) is 1.61. The number of benzene rings is 1. The summed E-state index contributed by atoms with van der Waals surface area (Å²) in [7, 11) is 0. The van der Waals surface area contributed by atoms with E-state index >= 15 is 0 Å². The number of nitrogens with two attached hydrogens (primary N) is 1. The number of halogens is 1. The molecule has 0 spiro atoms. The first-order chi connectivity index (χ1) is 7.65. The first kappa shape index (κ1) is 11.8. The molecular formula is C13H14BrNS. The van der Waals surface area contributed by atoms with Crippen molar-refractivity contribution in [2.45, 2.75) is 19.4 Å². The molecule has 1 heterocycles. The number of hydrogen-bond donors (Lipinski definition) is 1. The van der Waals surface area contributed by atoms with Crippen LogP contribution in [-0.4, -0.2) is 0 Å². The largest absolute Gasteiger partial charge is 0.324 e. The van der Waals surface area contributed by atoms with Gasteiger partial charge >= 0.3 is 0 Å². The number of hydrogen-bond acceptors (Lipinski definition) is 2. The van der Waals surface area contributed by atoms with Crippen molar-refractivity contribution in [3.63, 3.8) is 0 Å². The number of rotatable bonds is 3. The van der Waals surface area contributed by atoms with E-state index in [9.17, 15) is 0 Å². The van der Waals surface area contributed by atoms with E-state index in [1.165, 1.54) is 16.7 Å². The Balaban J connectivity index is 2.07. The molecule has 1 aromatic carbocycles. The molecule has 0 amide bonds. The summed E-state index contributed by atoms with van der Waals surface area (Å²) in [5.74, 6) is 0. The van der Waals surface area contributed by atoms with Gasteiger partial charge in [0.1, 0.15) is 0 Å². The third-order valence-electron chi connectivity index (χ3n) is 2.59. The molecule has 3 heteroatoms. The normalized spacial score (nSPS) is 12.7. The van der Waals surface area contributed by atoms with Gasteiger partial charge in [-0.05, 0) is 51.8 Å². The third-order valence-corrected chi connectivity index (χ3v) is 4.11. The van der Waals surface area contributed by atoms with Crippen molar-refractivity contribution in [2.75, 3.05) is 0 Å². The first-order valence-corrected chi connectivity index (χ1v) is 6.87. The lowest BCUT2D eigenvalue weighted by atomic mass is 10.0. The molecule has 1 unspecified atom stereocenters. The van der Waals surface area contributed by atoms with Crippen LogP contribution in [0.2, 0.25) is 0 Å². The maximum absolute atomic E-state index is 6.16. The van der Waals surface area contributed by atoms with E-state index in [4.69, 9.17) is 5.73 Å². The Morgan fingerprint density at radius 1 is 1.31 bits per heavy atom. The summed E-state index contributed by atoms with van der Waals surface area (Å²) in [6.45, 7) is 2.10. The minimum atomic E-state index is 0.0882. The molecule has 84 valence electrons. The SMILES string of the molecule is Cc1ccc(CC(N)c2csc(Br)c2)cc1. The van der Waals surface area contributed by atoms with Crippen LogP contribution in [0.25, 0.3) is 0 Å². The molecule has 0 fully saturated rings. The third kappa shape index (κ3) is 2.94. The Bertz CT molecular complexity index is 461. The standard InChI is InChI=1S/C13H14BrNS/c1-9-2-4-10(5-3-9)6-12(15)11-7-13(14)16-8-11/h2-5,7-8,12H,6,15H2,1H3. The summed E-state index contributed by atoms with van der Waals surface area (Å²) >= 11 is 5.14. The van der Waals surface area contributed by atoms with Crippen molar-refractivity contribution in [2.24, 2.45) is 5.73 Å². The molecule has 1 nitrogen and oxygen atoms in total. The van der Waals surface area contributed by atoms with Crippen molar-refractivity contribution < 1.29 is 0 Å². The molecule has 0 aliphatic carbocycles. The molecule has 0 aliphatic rings. The highest BCUT2D eigenvalue weighted by Crippen LogP contribution is 2.26. The van der Waals surface area contributed by atoms with Crippen molar-refractivity contribution in [3.8, 4) is 0 Å². The maximum Gasteiger partial charge on any atom is 0.0701 e. The van der Waals surface area contributed by atoms with E-state index in [0.717, 1.165) is 10.2 Å². The van der Waals surface area contributed by atoms with Gasteiger partial charge in [0.25, 0.3) is 0 Å². The van der Waals surface area contributed by atoms with Gasteiger partial charge in [-0.25, -0.2) is 0 Å². The first-order valence-electron chi connectivity index (χ1n) is 5.20. The summed E-state index contributed by atoms with van der Waals surface area (Å²) in [6, 6.07) is 10.7. The predicted octanol–water partition coefficient (Wildman–Crippen LogP) is 4.06. The van der Waals surface area contributed by atoms with Gasteiger partial charge in [-0.1, -0.05) is 29.8 Å². The molecule has 0 saturated carbocycles. The van der Waals surface area contributed by atoms with Gasteiger partial charge in [-0.2, -0.15) is 0 Å². The average Bonchev–Trinajstić information content (AvgIpc) is 2.68. The number of thiophene rings is 1. The molecule has 0 aliphatic heterocycles. The van der Waals surface area contributed by atoms with E-state index in [-0.39, 0.29) is 6.04 Å². The van der Waals surface area contributed by atoms with Crippen molar-refractivity contribution in [3.05, 3.63) is 56.2 Å². The Morgan fingerprint density at radius 3 is 2.56 bits per heavy atom. The molecule has 2 rings (SSSR count). The number of aryl methyl sites for hydroxylation is 1. The Labute approximate surface area is 108 Å². The van der Waals surface area contributed by atoms with Crippen LogP contribution in [0.5, 0.6) is 0 Å². The van der Waals surface area contributed by atoms with Crippen LogP contribution in [0.4, 0.5) is 0 Å². The Kier molecular flexibility index (Phi) is 3.79. The second-order valence-corrected chi connectivity index (χ2v) is 6.27. The van der Waals surface area contributed by atoms with E-state index in [0.29, 0.717) is 0 Å². The summed E-state index contributed by atoms with van der Waals surface area (Å²) in [5, 5.41) is 2.11. The van der Waals surface area contributed by atoms with Gasteiger partial charge in [0, 0.05) is 6.04 Å². The summed E-state index contributed by atoms with van der Waals surface area (Å²) in [5.41, 5.74) is 9.95. The van der Waals surface area contributed by atoms with Crippen LogP contribution in [-0.2, 0) is 6.42 Å². The summed E-state index contributed by atoms with van der Waals surface area (Å²) in [6.07, 6.45) is 0.892. The second kappa shape index (κ2) is 5.13. The van der Waals surface area contributed by atoms with E-state index < -0.39 is 0 Å². The topological polar surface area (TPSA) is 26.0 Å². The maximum atomic E-state index is 6.16. The van der Waals surface area contributed by atoms with Crippen LogP contribution in [0, 0.1) is 6.92 Å². The molecule has 16 heavy (non-hydrogen) atoms. The van der Waals surface area contributed by atoms with Crippen LogP contribution >= 0.6 is 27.3 Å². The average molecular weight is 296 g/mol. The molecule has 2 N–H and O–H groups in total. The zero-order chi connectivity index (χ0) is 11.5. The Hall–Kier alpha value is -0.640. The van der Waals surface area contributed by atoms with Crippen LogP contribution in [0.1, 0.15) is 22.7 Å². The van der Waals surface area contributed by atoms with Gasteiger partial charge in [0.15, 0.2) is 0 Å². The lowest BCUT2D eigenvalue weighted by molar-refractivity contribution is 0.724. The molecule has 2 aromatic rings. The summed E-state index contributed by atoms with van der Waals surface area (Å²) < 4.78 is 1.14. The lowest BCUT2D eigenvalue weighted by Gasteiger charge is -2.10. The van der Waals surface area contributed by atoms with Crippen molar-refractivity contribution in [1.82, 2.24) is 0 Å². The smallest absolute Gasteiger partial charge is 0.0701 e. The van der Waals surface area contributed by atoms with Gasteiger partial charge in [0.05, 0.1) is 3.79 Å². The van der Waals surface area contributed by atoms with Crippen molar-refractivity contribution >= 4 is 27.3 Å².